The molecular weight excluding hydrogens is 206 g/mol. The van der Waals surface area contributed by atoms with Gasteiger partial charge in [0, 0.05) is 18.4 Å². The van der Waals surface area contributed by atoms with E-state index in [0.29, 0.717) is 36.3 Å². The highest BCUT2D eigenvalue weighted by Gasteiger charge is 2.15. The van der Waals surface area contributed by atoms with Gasteiger partial charge in [0.25, 0.3) is 0 Å². The maximum absolute atomic E-state index is 11.7. The van der Waals surface area contributed by atoms with Gasteiger partial charge in [0.15, 0.2) is 17.3 Å². The predicted octanol–water partition coefficient (Wildman–Crippen LogP) is 2.29. The number of rotatable bonds is 4. The van der Waals surface area contributed by atoms with E-state index in [-0.39, 0.29) is 12.6 Å². The van der Waals surface area contributed by atoms with Crippen LogP contribution in [0.15, 0.2) is 18.2 Å². The number of carbonyl (C=O) groups is 1. The van der Waals surface area contributed by atoms with Crippen LogP contribution in [0.2, 0.25) is 0 Å². The Balaban J connectivity index is 2.04. The van der Waals surface area contributed by atoms with Crippen molar-refractivity contribution >= 4 is 5.78 Å². The Morgan fingerprint density at radius 3 is 3.00 bits per heavy atom. The van der Waals surface area contributed by atoms with E-state index in [1.807, 2.05) is 6.07 Å². The average molecular weight is 217 g/mol. The molecule has 16 heavy (non-hydrogen) atoms. The standard InChI is InChI=1S/C12H11NO3/c13-6-2-1-3-10(14)9-4-5-11-12(7-9)16-8-15-11/h4-5,7H,1-3,8H2. The highest BCUT2D eigenvalue weighted by molar-refractivity contribution is 5.96. The monoisotopic (exact) mass is 217 g/mol. The Labute approximate surface area is 93.4 Å². The summed E-state index contributed by atoms with van der Waals surface area (Å²) >= 11 is 0. The van der Waals surface area contributed by atoms with Crippen LogP contribution in [-0.2, 0) is 0 Å². The second kappa shape index (κ2) is 4.67. The zero-order chi connectivity index (χ0) is 11.4. The van der Waals surface area contributed by atoms with E-state index in [2.05, 4.69) is 0 Å². The molecule has 1 aromatic carbocycles. The maximum Gasteiger partial charge on any atom is 0.231 e. The van der Waals surface area contributed by atoms with Gasteiger partial charge in [-0.2, -0.15) is 5.26 Å². The van der Waals surface area contributed by atoms with Crippen LogP contribution in [0, 0.1) is 11.3 Å². The van der Waals surface area contributed by atoms with Crippen molar-refractivity contribution in [3.8, 4) is 17.6 Å². The summed E-state index contributed by atoms with van der Waals surface area (Å²) in [4.78, 5) is 11.7. The number of unbranched alkanes of at least 4 members (excludes halogenated alkanes) is 1. The highest BCUT2D eigenvalue weighted by atomic mass is 16.7. The van der Waals surface area contributed by atoms with Crippen LogP contribution < -0.4 is 9.47 Å². The van der Waals surface area contributed by atoms with Crippen LogP contribution in [0.3, 0.4) is 0 Å². The fourth-order valence-corrected chi connectivity index (χ4v) is 1.54. The summed E-state index contributed by atoms with van der Waals surface area (Å²) in [6, 6.07) is 7.17. The smallest absolute Gasteiger partial charge is 0.231 e. The SMILES string of the molecule is N#CCCCC(=O)c1ccc2c(c1)OCO2. The van der Waals surface area contributed by atoms with E-state index in [1.54, 1.807) is 18.2 Å². The molecular formula is C12H11NO3. The van der Waals surface area contributed by atoms with Gasteiger partial charge in [-0.1, -0.05) is 0 Å². The molecule has 0 amide bonds. The first-order valence-electron chi connectivity index (χ1n) is 5.11. The summed E-state index contributed by atoms with van der Waals surface area (Å²) in [6.45, 7) is 0.210. The Kier molecular flexibility index (Phi) is 3.06. The number of nitriles is 1. The second-order valence-electron chi connectivity index (χ2n) is 3.50. The lowest BCUT2D eigenvalue weighted by Gasteiger charge is -2.01. The molecule has 1 aromatic rings. The largest absolute Gasteiger partial charge is 0.454 e. The number of ketones is 1. The number of nitrogens with zero attached hydrogens (tertiary/aromatic N) is 1. The van der Waals surface area contributed by atoms with Crippen LogP contribution in [0.25, 0.3) is 0 Å². The molecule has 0 N–H and O–H groups in total. The number of carbonyl (C=O) groups excluding carboxylic acids is 1. The summed E-state index contributed by atoms with van der Waals surface area (Å²) in [6.07, 6.45) is 1.41. The predicted molar refractivity (Wildman–Crippen MR) is 56.4 cm³/mol. The van der Waals surface area contributed by atoms with Gasteiger partial charge < -0.3 is 9.47 Å². The first-order valence-corrected chi connectivity index (χ1v) is 5.11. The summed E-state index contributed by atoms with van der Waals surface area (Å²) in [5.41, 5.74) is 0.613. The van der Waals surface area contributed by atoms with E-state index >= 15 is 0 Å². The fraction of sp³-hybridized carbons (Fsp3) is 0.333. The quantitative estimate of drug-likeness (QED) is 0.573. The Morgan fingerprint density at radius 1 is 1.38 bits per heavy atom. The first-order chi connectivity index (χ1) is 7.81. The van der Waals surface area contributed by atoms with Gasteiger partial charge in [0.05, 0.1) is 6.07 Å². The molecule has 0 spiro atoms. The van der Waals surface area contributed by atoms with Crippen molar-refractivity contribution in [3.63, 3.8) is 0 Å². The van der Waals surface area contributed by atoms with Gasteiger partial charge in [-0.25, -0.2) is 0 Å². The number of hydrogen-bond donors (Lipinski definition) is 0. The van der Waals surface area contributed by atoms with E-state index in [9.17, 15) is 4.79 Å². The molecule has 0 aliphatic carbocycles. The van der Waals surface area contributed by atoms with Crippen molar-refractivity contribution in [2.75, 3.05) is 6.79 Å². The van der Waals surface area contributed by atoms with Gasteiger partial charge in [-0.3, -0.25) is 4.79 Å². The first kappa shape index (κ1) is 10.5. The van der Waals surface area contributed by atoms with Crippen molar-refractivity contribution in [2.24, 2.45) is 0 Å². The number of Topliss-reactive ketones (excluding diaryl/α,β-unsaturated/α-hetero) is 1. The van der Waals surface area contributed by atoms with Crippen LogP contribution in [0.5, 0.6) is 11.5 Å². The Bertz CT molecular complexity index is 448. The third kappa shape index (κ3) is 2.14. The molecule has 0 atom stereocenters. The van der Waals surface area contributed by atoms with Crippen molar-refractivity contribution in [1.82, 2.24) is 0 Å². The Hall–Kier alpha value is -2.02. The Morgan fingerprint density at radius 2 is 2.19 bits per heavy atom. The lowest BCUT2D eigenvalue weighted by Crippen LogP contribution is -1.98. The fourth-order valence-electron chi connectivity index (χ4n) is 1.54. The molecule has 1 aliphatic heterocycles. The molecule has 0 saturated carbocycles. The van der Waals surface area contributed by atoms with Gasteiger partial charge in [-0.05, 0) is 24.6 Å². The normalized spacial score (nSPS) is 12.2. The lowest BCUT2D eigenvalue weighted by atomic mass is 10.1. The number of hydrogen-bond acceptors (Lipinski definition) is 4. The van der Waals surface area contributed by atoms with E-state index in [4.69, 9.17) is 14.7 Å². The third-order valence-corrected chi connectivity index (χ3v) is 2.39. The van der Waals surface area contributed by atoms with Gasteiger partial charge >= 0.3 is 0 Å². The zero-order valence-electron chi connectivity index (χ0n) is 8.73. The molecule has 0 saturated heterocycles. The van der Waals surface area contributed by atoms with Gasteiger partial charge in [0.1, 0.15) is 0 Å². The molecule has 0 fully saturated rings. The molecule has 1 aliphatic rings. The van der Waals surface area contributed by atoms with Crippen molar-refractivity contribution in [2.45, 2.75) is 19.3 Å². The van der Waals surface area contributed by atoms with Crippen LogP contribution in [0.4, 0.5) is 0 Å². The van der Waals surface area contributed by atoms with E-state index in [0.717, 1.165) is 0 Å². The van der Waals surface area contributed by atoms with Gasteiger partial charge in [0.2, 0.25) is 6.79 Å². The van der Waals surface area contributed by atoms with Crippen LogP contribution >= 0.6 is 0 Å². The minimum atomic E-state index is 0.0357. The molecule has 0 unspecified atom stereocenters. The van der Waals surface area contributed by atoms with E-state index in [1.165, 1.54) is 0 Å². The third-order valence-electron chi connectivity index (χ3n) is 2.39. The molecule has 0 aromatic heterocycles. The summed E-state index contributed by atoms with van der Waals surface area (Å²) in [5, 5.41) is 8.38. The zero-order valence-corrected chi connectivity index (χ0v) is 8.73. The second-order valence-corrected chi connectivity index (χ2v) is 3.50. The van der Waals surface area contributed by atoms with Gasteiger partial charge in [-0.15, -0.1) is 0 Å². The molecule has 0 radical (unpaired) electrons. The van der Waals surface area contributed by atoms with Crippen LogP contribution in [-0.4, -0.2) is 12.6 Å². The number of benzene rings is 1. The summed E-state index contributed by atoms with van der Waals surface area (Å²) < 4.78 is 10.3. The van der Waals surface area contributed by atoms with Crippen molar-refractivity contribution < 1.29 is 14.3 Å². The maximum atomic E-state index is 11.7. The molecule has 0 bridgehead atoms. The number of fused-ring (bicyclic) bond motifs is 1. The summed E-state index contributed by atoms with van der Waals surface area (Å²) in [7, 11) is 0. The minimum Gasteiger partial charge on any atom is -0.454 e. The average Bonchev–Trinajstić information content (AvgIpc) is 2.76. The van der Waals surface area contributed by atoms with Crippen molar-refractivity contribution in [3.05, 3.63) is 23.8 Å². The lowest BCUT2D eigenvalue weighted by molar-refractivity contribution is 0.0980. The van der Waals surface area contributed by atoms with E-state index < -0.39 is 0 Å². The molecule has 2 rings (SSSR count). The molecule has 82 valence electrons. The molecule has 1 heterocycles. The molecule has 4 nitrogen and oxygen atoms in total. The van der Waals surface area contributed by atoms with Crippen LogP contribution in [0.1, 0.15) is 29.6 Å². The summed E-state index contributed by atoms with van der Waals surface area (Å²) in [5.74, 6) is 1.33. The number of ether oxygens (including phenoxy) is 2. The van der Waals surface area contributed by atoms with Crippen molar-refractivity contribution in [1.29, 1.82) is 5.26 Å². The highest BCUT2D eigenvalue weighted by Crippen LogP contribution is 2.32. The minimum absolute atomic E-state index is 0.0357. The topological polar surface area (TPSA) is 59.3 Å². The molecule has 4 heteroatoms.